The number of methoxy groups -OCH3 is 1. The first-order valence-electron chi connectivity index (χ1n) is 7.15. The molecule has 5 heteroatoms. The lowest BCUT2D eigenvalue weighted by atomic mass is 9.97. The number of rotatable bonds is 6. The summed E-state index contributed by atoms with van der Waals surface area (Å²) in [5, 5.41) is 3.41. The summed E-state index contributed by atoms with van der Waals surface area (Å²) in [5.41, 5.74) is 0. The van der Waals surface area contributed by atoms with Crippen molar-refractivity contribution >= 4 is 5.95 Å². The van der Waals surface area contributed by atoms with Crippen LogP contribution in [0.2, 0.25) is 0 Å². The molecule has 1 aliphatic heterocycles. The number of hydrogen-bond donors (Lipinski definition) is 1. The molecule has 106 valence electrons. The van der Waals surface area contributed by atoms with Crippen molar-refractivity contribution in [2.75, 3.05) is 38.2 Å². The smallest absolute Gasteiger partial charge is 0.225 e. The van der Waals surface area contributed by atoms with Crippen molar-refractivity contribution in [3.63, 3.8) is 0 Å². The second-order valence-corrected chi connectivity index (χ2v) is 5.06. The van der Waals surface area contributed by atoms with Gasteiger partial charge in [-0.15, -0.1) is 0 Å². The molecule has 0 atom stereocenters. The van der Waals surface area contributed by atoms with Crippen LogP contribution < -0.4 is 15.0 Å². The average molecular weight is 264 g/mol. The summed E-state index contributed by atoms with van der Waals surface area (Å²) < 4.78 is 5.11. The molecule has 0 bridgehead atoms. The van der Waals surface area contributed by atoms with Crippen LogP contribution in [-0.2, 0) is 0 Å². The molecule has 0 aliphatic carbocycles. The zero-order valence-electron chi connectivity index (χ0n) is 11.9. The van der Waals surface area contributed by atoms with Gasteiger partial charge in [-0.3, -0.25) is 0 Å². The Morgan fingerprint density at radius 3 is 2.58 bits per heavy atom. The third-order valence-corrected chi connectivity index (χ3v) is 3.56. The first-order valence-corrected chi connectivity index (χ1v) is 7.15. The molecule has 0 saturated carbocycles. The highest BCUT2D eigenvalue weighted by atomic mass is 16.5. The van der Waals surface area contributed by atoms with Crippen LogP contribution in [0.25, 0.3) is 0 Å². The van der Waals surface area contributed by atoms with Crippen molar-refractivity contribution in [2.45, 2.75) is 26.2 Å². The molecule has 2 heterocycles. The molecule has 0 spiro atoms. The van der Waals surface area contributed by atoms with E-state index in [-0.39, 0.29) is 0 Å². The third kappa shape index (κ3) is 4.06. The van der Waals surface area contributed by atoms with Crippen LogP contribution >= 0.6 is 0 Å². The summed E-state index contributed by atoms with van der Waals surface area (Å²) >= 11 is 0. The van der Waals surface area contributed by atoms with Gasteiger partial charge in [0.1, 0.15) is 0 Å². The van der Waals surface area contributed by atoms with E-state index in [2.05, 4.69) is 27.1 Å². The van der Waals surface area contributed by atoms with Gasteiger partial charge in [0.05, 0.1) is 19.5 Å². The van der Waals surface area contributed by atoms with Crippen LogP contribution in [0.5, 0.6) is 5.75 Å². The molecule has 5 nitrogen and oxygen atoms in total. The molecule has 1 fully saturated rings. The van der Waals surface area contributed by atoms with Gasteiger partial charge in [-0.2, -0.15) is 0 Å². The minimum absolute atomic E-state index is 0.710. The van der Waals surface area contributed by atoms with Crippen LogP contribution in [-0.4, -0.2) is 43.3 Å². The van der Waals surface area contributed by atoms with Crippen molar-refractivity contribution in [1.82, 2.24) is 15.3 Å². The highest BCUT2D eigenvalue weighted by Crippen LogP contribution is 2.18. The van der Waals surface area contributed by atoms with E-state index in [1.807, 2.05) is 0 Å². The first-order chi connectivity index (χ1) is 9.33. The fourth-order valence-electron chi connectivity index (χ4n) is 2.50. The van der Waals surface area contributed by atoms with Crippen molar-refractivity contribution in [1.29, 1.82) is 0 Å². The number of anilines is 1. The molecule has 0 amide bonds. The summed E-state index contributed by atoms with van der Waals surface area (Å²) in [7, 11) is 1.64. The van der Waals surface area contributed by atoms with Gasteiger partial charge in [-0.05, 0) is 38.3 Å². The Hall–Kier alpha value is -1.36. The van der Waals surface area contributed by atoms with E-state index in [4.69, 9.17) is 4.74 Å². The molecule has 0 radical (unpaired) electrons. The Morgan fingerprint density at radius 1 is 1.32 bits per heavy atom. The zero-order valence-corrected chi connectivity index (χ0v) is 11.9. The van der Waals surface area contributed by atoms with E-state index < -0.39 is 0 Å². The average Bonchev–Trinajstić information content (AvgIpc) is 2.48. The van der Waals surface area contributed by atoms with E-state index in [0.717, 1.165) is 44.5 Å². The molecule has 2 rings (SSSR count). The summed E-state index contributed by atoms with van der Waals surface area (Å²) in [5.74, 6) is 2.28. The highest BCUT2D eigenvalue weighted by molar-refractivity contribution is 5.31. The Labute approximate surface area is 115 Å². The lowest BCUT2D eigenvalue weighted by Crippen LogP contribution is -2.37. The van der Waals surface area contributed by atoms with Gasteiger partial charge in [-0.25, -0.2) is 9.97 Å². The van der Waals surface area contributed by atoms with Crippen molar-refractivity contribution in [3.05, 3.63) is 12.4 Å². The fraction of sp³-hybridized carbons (Fsp3) is 0.714. The van der Waals surface area contributed by atoms with Crippen LogP contribution in [0.4, 0.5) is 5.95 Å². The summed E-state index contributed by atoms with van der Waals surface area (Å²) in [6.45, 7) is 6.53. The fourth-order valence-corrected chi connectivity index (χ4v) is 2.50. The second kappa shape index (κ2) is 7.28. The van der Waals surface area contributed by atoms with Gasteiger partial charge in [0.2, 0.25) is 5.95 Å². The van der Waals surface area contributed by atoms with E-state index in [1.165, 1.54) is 12.8 Å². The summed E-state index contributed by atoms with van der Waals surface area (Å²) in [6.07, 6.45) is 7.09. The maximum atomic E-state index is 5.11. The highest BCUT2D eigenvalue weighted by Gasteiger charge is 2.18. The first kappa shape index (κ1) is 14.1. The van der Waals surface area contributed by atoms with E-state index in [0.29, 0.717) is 5.75 Å². The summed E-state index contributed by atoms with van der Waals surface area (Å²) in [4.78, 5) is 11.1. The quantitative estimate of drug-likeness (QED) is 0.847. The molecule has 1 aromatic heterocycles. The largest absolute Gasteiger partial charge is 0.494 e. The van der Waals surface area contributed by atoms with Gasteiger partial charge in [0, 0.05) is 13.1 Å². The van der Waals surface area contributed by atoms with Crippen molar-refractivity contribution in [2.24, 2.45) is 5.92 Å². The molecular formula is C14H24N4O. The Morgan fingerprint density at radius 2 is 2.00 bits per heavy atom. The number of nitrogens with one attached hydrogen (secondary N) is 1. The number of ether oxygens (including phenoxy) is 1. The molecular weight excluding hydrogens is 240 g/mol. The lowest BCUT2D eigenvalue weighted by Gasteiger charge is -2.30. The zero-order chi connectivity index (χ0) is 13.5. The number of nitrogens with zero attached hydrogens (tertiary/aromatic N) is 3. The molecule has 0 unspecified atom stereocenters. The molecule has 0 aromatic carbocycles. The minimum Gasteiger partial charge on any atom is -0.494 e. The lowest BCUT2D eigenvalue weighted by molar-refractivity contribution is 0.371. The number of hydrogen-bond acceptors (Lipinski definition) is 5. The Bertz CT molecular complexity index is 362. The number of aromatic nitrogens is 2. The summed E-state index contributed by atoms with van der Waals surface area (Å²) in [6, 6.07) is 0. The van der Waals surface area contributed by atoms with E-state index >= 15 is 0 Å². The standard InChI is InChI=1S/C14H24N4O/c1-3-8-18(11-12-4-6-15-7-5-12)14-16-9-13(19-2)10-17-14/h9-10,12,15H,3-8,11H2,1-2H3. The SMILES string of the molecule is CCCN(CC1CCNCC1)c1ncc(OC)cn1. The predicted octanol–water partition coefficient (Wildman–Crippen LogP) is 1.70. The Kier molecular flexibility index (Phi) is 5.39. The molecule has 1 aliphatic rings. The van der Waals surface area contributed by atoms with Crippen molar-refractivity contribution in [3.8, 4) is 5.75 Å². The van der Waals surface area contributed by atoms with Crippen LogP contribution in [0.1, 0.15) is 26.2 Å². The topological polar surface area (TPSA) is 50.3 Å². The van der Waals surface area contributed by atoms with Crippen LogP contribution in [0, 0.1) is 5.92 Å². The van der Waals surface area contributed by atoms with Gasteiger partial charge in [0.15, 0.2) is 5.75 Å². The maximum absolute atomic E-state index is 5.11. The monoisotopic (exact) mass is 264 g/mol. The van der Waals surface area contributed by atoms with Crippen LogP contribution in [0.15, 0.2) is 12.4 Å². The van der Waals surface area contributed by atoms with Crippen LogP contribution in [0.3, 0.4) is 0 Å². The normalized spacial score (nSPS) is 16.3. The second-order valence-electron chi connectivity index (χ2n) is 5.06. The maximum Gasteiger partial charge on any atom is 0.225 e. The van der Waals surface area contributed by atoms with E-state index in [1.54, 1.807) is 19.5 Å². The molecule has 19 heavy (non-hydrogen) atoms. The van der Waals surface area contributed by atoms with Gasteiger partial charge >= 0.3 is 0 Å². The molecule has 1 N–H and O–H groups in total. The van der Waals surface area contributed by atoms with Gasteiger partial charge in [-0.1, -0.05) is 6.92 Å². The van der Waals surface area contributed by atoms with Gasteiger partial charge in [0.25, 0.3) is 0 Å². The Balaban J connectivity index is 2.00. The van der Waals surface area contributed by atoms with Gasteiger partial charge < -0.3 is 15.0 Å². The predicted molar refractivity (Wildman–Crippen MR) is 76.7 cm³/mol. The van der Waals surface area contributed by atoms with Crippen molar-refractivity contribution < 1.29 is 4.74 Å². The number of piperidine rings is 1. The minimum atomic E-state index is 0.710. The van der Waals surface area contributed by atoms with E-state index in [9.17, 15) is 0 Å². The third-order valence-electron chi connectivity index (χ3n) is 3.56. The molecule has 1 aromatic rings. The molecule has 1 saturated heterocycles.